The Hall–Kier alpha value is -0.906. The zero-order valence-electron chi connectivity index (χ0n) is 15.0. The first-order valence-electron chi connectivity index (χ1n) is 8.49. The van der Waals surface area contributed by atoms with Crippen LogP contribution in [-0.4, -0.2) is 18.5 Å². The molecule has 1 aliphatic carbocycles. The first-order chi connectivity index (χ1) is 10.3. The molecular weight excluding hydrogens is 298 g/mol. The Bertz CT molecular complexity index is 579. The number of rotatable bonds is 6. The lowest BCUT2D eigenvalue weighted by Gasteiger charge is -2.31. The van der Waals surface area contributed by atoms with Gasteiger partial charge >= 0.3 is 0 Å². The third kappa shape index (κ3) is 4.54. The maximum atomic E-state index is 4.02. The molecule has 0 heterocycles. The molecule has 1 atom stereocenters. The summed E-state index contributed by atoms with van der Waals surface area (Å²) >= 11 is 0. The van der Waals surface area contributed by atoms with Crippen LogP contribution < -0.4 is 10.2 Å². The molecule has 22 heavy (non-hydrogen) atoms. The van der Waals surface area contributed by atoms with Crippen LogP contribution in [0.2, 0.25) is 19.6 Å². The third-order valence-corrected chi connectivity index (χ3v) is 6.19. The Morgan fingerprint density at radius 2 is 1.86 bits per heavy atom. The van der Waals surface area contributed by atoms with Crippen molar-refractivity contribution in [2.75, 3.05) is 0 Å². The van der Waals surface area contributed by atoms with E-state index in [4.69, 9.17) is 0 Å². The minimum Gasteiger partial charge on any atom is -0.328 e. The molecule has 0 saturated carbocycles. The molecule has 1 aromatic rings. The van der Waals surface area contributed by atoms with Gasteiger partial charge in [0.15, 0.2) is 0 Å². The Morgan fingerprint density at radius 3 is 2.45 bits per heavy atom. The van der Waals surface area contributed by atoms with Crippen LogP contribution in [0.5, 0.6) is 0 Å². The number of allylic oxidation sites excluding steroid dienone is 3. The van der Waals surface area contributed by atoms with Crippen molar-refractivity contribution in [1.82, 2.24) is 4.98 Å². The van der Waals surface area contributed by atoms with Crippen LogP contribution in [0, 0.1) is 5.92 Å². The molecule has 0 saturated heterocycles. The Balaban J connectivity index is 2.43. The van der Waals surface area contributed by atoms with E-state index in [0.717, 1.165) is 16.7 Å². The van der Waals surface area contributed by atoms with Gasteiger partial charge in [0.1, 0.15) is 8.24 Å². The molecular formula is C19H31NSi2. The maximum absolute atomic E-state index is 4.02. The summed E-state index contributed by atoms with van der Waals surface area (Å²) in [6.07, 6.45) is 7.02. The quantitative estimate of drug-likeness (QED) is 0.788. The van der Waals surface area contributed by atoms with E-state index in [1.165, 1.54) is 17.2 Å². The Morgan fingerprint density at radius 1 is 1.18 bits per heavy atom. The summed E-state index contributed by atoms with van der Waals surface area (Å²) in [5.74, 6) is 0.714. The third-order valence-electron chi connectivity index (χ3n) is 4.12. The van der Waals surface area contributed by atoms with Gasteiger partial charge < -0.3 is 4.98 Å². The summed E-state index contributed by atoms with van der Waals surface area (Å²) in [4.78, 5) is 4.02. The monoisotopic (exact) mass is 329 g/mol. The van der Waals surface area contributed by atoms with Crippen molar-refractivity contribution in [3.63, 3.8) is 0 Å². The molecule has 0 radical (unpaired) electrons. The lowest BCUT2D eigenvalue weighted by atomic mass is 9.92. The van der Waals surface area contributed by atoms with E-state index in [9.17, 15) is 0 Å². The van der Waals surface area contributed by atoms with Crippen molar-refractivity contribution >= 4 is 23.7 Å². The Kier molecular flexibility index (Phi) is 5.64. The minimum absolute atomic E-state index is 0.407. The van der Waals surface area contributed by atoms with Gasteiger partial charge in [-0.05, 0) is 35.5 Å². The van der Waals surface area contributed by atoms with Crippen LogP contribution in [0.15, 0.2) is 47.6 Å². The van der Waals surface area contributed by atoms with E-state index < -0.39 is 8.24 Å². The molecule has 0 fully saturated rings. The van der Waals surface area contributed by atoms with Crippen LogP contribution in [0.4, 0.5) is 0 Å². The van der Waals surface area contributed by atoms with Gasteiger partial charge in [-0.3, -0.25) is 0 Å². The fourth-order valence-electron chi connectivity index (χ4n) is 3.20. The van der Waals surface area contributed by atoms with E-state index in [2.05, 4.69) is 74.9 Å². The fraction of sp³-hybridized carbons (Fsp3) is 0.474. The number of benzene rings is 1. The summed E-state index contributed by atoms with van der Waals surface area (Å²) in [5, 5.41) is 1.53. The molecule has 2 rings (SSSR count). The first-order valence-corrected chi connectivity index (χ1v) is 13.0. The molecule has 0 aromatic heterocycles. The lowest BCUT2D eigenvalue weighted by molar-refractivity contribution is 0.635. The summed E-state index contributed by atoms with van der Waals surface area (Å²) < 4.78 is 0. The number of hydrogen-bond donors (Lipinski definition) is 1. The topological polar surface area (TPSA) is 12.0 Å². The standard InChI is InChI=1S/C19H31NSi2/c1-14(2)13-15-9-8-11-16(15)19(20-22(3,4)5)17-10-6-7-12-18(17)21/h6-10,12,14,19-20H,11,13H2,1-5,21H3. The van der Waals surface area contributed by atoms with Gasteiger partial charge in [0.2, 0.25) is 0 Å². The number of nitrogens with one attached hydrogen (secondary N) is 1. The van der Waals surface area contributed by atoms with E-state index in [1.54, 1.807) is 11.1 Å². The molecule has 0 bridgehead atoms. The van der Waals surface area contributed by atoms with Gasteiger partial charge in [0.25, 0.3) is 0 Å². The molecule has 0 aliphatic heterocycles. The summed E-state index contributed by atoms with van der Waals surface area (Å²) in [6, 6.07) is 9.40. The first kappa shape index (κ1) is 17.4. The van der Waals surface area contributed by atoms with Crippen LogP contribution in [-0.2, 0) is 0 Å². The average Bonchev–Trinajstić information content (AvgIpc) is 2.83. The van der Waals surface area contributed by atoms with E-state index in [1.807, 2.05) is 0 Å². The SMILES string of the molecule is CC(C)CC1=C(C(N[Si](C)(C)C)c2ccccc2[SiH3])CC=C1. The predicted molar refractivity (Wildman–Crippen MR) is 105 cm³/mol. The van der Waals surface area contributed by atoms with Crippen molar-refractivity contribution in [3.05, 3.63) is 53.1 Å². The molecule has 3 heteroatoms. The molecule has 1 nitrogen and oxygen atoms in total. The second-order valence-corrected chi connectivity index (χ2v) is 13.8. The van der Waals surface area contributed by atoms with E-state index in [0.29, 0.717) is 12.0 Å². The van der Waals surface area contributed by atoms with Gasteiger partial charge in [-0.15, -0.1) is 0 Å². The molecule has 1 aromatic carbocycles. The van der Waals surface area contributed by atoms with Gasteiger partial charge in [0, 0.05) is 16.3 Å². The smallest absolute Gasteiger partial charge is 0.117 e. The largest absolute Gasteiger partial charge is 0.328 e. The highest BCUT2D eigenvalue weighted by molar-refractivity contribution is 6.73. The molecule has 0 spiro atoms. The van der Waals surface area contributed by atoms with E-state index in [-0.39, 0.29) is 0 Å². The Labute approximate surface area is 140 Å². The fourth-order valence-corrected chi connectivity index (χ4v) is 5.05. The van der Waals surface area contributed by atoms with E-state index >= 15 is 0 Å². The number of hydrogen-bond acceptors (Lipinski definition) is 1. The van der Waals surface area contributed by atoms with Gasteiger partial charge in [-0.25, -0.2) is 0 Å². The summed E-state index contributed by atoms with van der Waals surface area (Å²) in [7, 11) is -0.250. The van der Waals surface area contributed by atoms with Gasteiger partial charge in [-0.2, -0.15) is 0 Å². The van der Waals surface area contributed by atoms with Gasteiger partial charge in [-0.1, -0.05) is 75.1 Å². The highest BCUT2D eigenvalue weighted by Crippen LogP contribution is 2.34. The highest BCUT2D eigenvalue weighted by atomic mass is 28.3. The van der Waals surface area contributed by atoms with Crippen LogP contribution in [0.3, 0.4) is 0 Å². The highest BCUT2D eigenvalue weighted by Gasteiger charge is 2.27. The summed E-state index contributed by atoms with van der Waals surface area (Å²) in [6.45, 7) is 11.8. The van der Waals surface area contributed by atoms with Crippen LogP contribution in [0.1, 0.15) is 38.3 Å². The van der Waals surface area contributed by atoms with Crippen molar-refractivity contribution in [3.8, 4) is 0 Å². The summed E-state index contributed by atoms with van der Waals surface area (Å²) in [5.41, 5.74) is 4.69. The predicted octanol–water partition coefficient (Wildman–Crippen LogP) is 3.45. The van der Waals surface area contributed by atoms with Gasteiger partial charge in [0.05, 0.1) is 0 Å². The normalized spacial score (nSPS) is 16.8. The zero-order valence-corrected chi connectivity index (χ0v) is 18.0. The molecule has 1 N–H and O–H groups in total. The second-order valence-electron chi connectivity index (χ2n) is 7.94. The molecule has 0 amide bonds. The van der Waals surface area contributed by atoms with Crippen molar-refractivity contribution < 1.29 is 0 Å². The van der Waals surface area contributed by atoms with Crippen molar-refractivity contribution in [2.45, 2.75) is 52.4 Å². The molecule has 120 valence electrons. The lowest BCUT2D eigenvalue weighted by Crippen LogP contribution is -2.45. The van der Waals surface area contributed by atoms with Crippen LogP contribution >= 0.6 is 0 Å². The average molecular weight is 330 g/mol. The van der Waals surface area contributed by atoms with Crippen molar-refractivity contribution in [2.24, 2.45) is 5.92 Å². The molecule has 1 aliphatic rings. The van der Waals surface area contributed by atoms with Crippen molar-refractivity contribution in [1.29, 1.82) is 0 Å². The molecule has 1 unspecified atom stereocenters. The zero-order chi connectivity index (χ0) is 16.3. The van der Waals surface area contributed by atoms with Crippen LogP contribution in [0.25, 0.3) is 0 Å². The second kappa shape index (κ2) is 7.11. The maximum Gasteiger partial charge on any atom is 0.117 e. The minimum atomic E-state index is -1.36.